The Hall–Kier alpha value is -4.79. The fourth-order valence-corrected chi connectivity index (χ4v) is 5.27. The molecule has 0 saturated carbocycles. The lowest BCUT2D eigenvalue weighted by Crippen LogP contribution is -2.53. The Balaban J connectivity index is 1.22. The largest absolute Gasteiger partial charge is 0.368 e. The lowest BCUT2D eigenvalue weighted by Gasteiger charge is -2.40. The lowest BCUT2D eigenvalue weighted by molar-refractivity contribution is -0.128. The van der Waals surface area contributed by atoms with Gasteiger partial charge in [0.05, 0.1) is 5.52 Å². The van der Waals surface area contributed by atoms with Gasteiger partial charge in [-0.2, -0.15) is 5.10 Å². The third-order valence-corrected chi connectivity index (χ3v) is 7.41. The number of amides is 1. The molecule has 1 aliphatic heterocycles. The van der Waals surface area contributed by atoms with Gasteiger partial charge in [0.2, 0.25) is 5.91 Å². The summed E-state index contributed by atoms with van der Waals surface area (Å²) >= 11 is 0. The van der Waals surface area contributed by atoms with Crippen molar-refractivity contribution >= 4 is 39.6 Å². The Morgan fingerprint density at radius 2 is 1.97 bits per heavy atom. The van der Waals surface area contributed by atoms with E-state index in [0.717, 1.165) is 53.3 Å². The van der Waals surface area contributed by atoms with Crippen molar-refractivity contribution in [2.45, 2.75) is 26.3 Å². The van der Waals surface area contributed by atoms with Crippen molar-refractivity contribution in [2.75, 3.05) is 29.9 Å². The molecule has 0 unspecified atom stereocenters. The van der Waals surface area contributed by atoms with E-state index in [4.69, 9.17) is 0 Å². The SMILES string of the molecule is C=CC(=O)N1CCN(c2ccc3ncnc(Nc4ccc(Cc5ccn6ncnc6c5)c(C)c4)c3c2)C[C@H]1C. The molecule has 1 aliphatic rings. The molecular weight excluding hydrogens is 488 g/mol. The number of nitrogens with one attached hydrogen (secondary N) is 1. The van der Waals surface area contributed by atoms with Crippen molar-refractivity contribution < 1.29 is 4.79 Å². The van der Waals surface area contributed by atoms with Crippen LogP contribution < -0.4 is 10.2 Å². The van der Waals surface area contributed by atoms with Crippen LogP contribution in [0.5, 0.6) is 0 Å². The molecule has 3 aromatic heterocycles. The second-order valence-corrected chi connectivity index (χ2v) is 10.00. The first-order chi connectivity index (χ1) is 19.0. The van der Waals surface area contributed by atoms with Gasteiger partial charge in [0, 0.05) is 48.6 Å². The van der Waals surface area contributed by atoms with E-state index in [-0.39, 0.29) is 11.9 Å². The van der Waals surface area contributed by atoms with E-state index >= 15 is 0 Å². The van der Waals surface area contributed by atoms with Gasteiger partial charge < -0.3 is 15.1 Å². The summed E-state index contributed by atoms with van der Waals surface area (Å²) in [5, 5.41) is 8.64. The maximum absolute atomic E-state index is 12.1. The Bertz CT molecular complexity index is 1690. The molecule has 0 aliphatic carbocycles. The number of piperazine rings is 1. The first-order valence-corrected chi connectivity index (χ1v) is 13.1. The predicted octanol–water partition coefficient (Wildman–Crippen LogP) is 4.54. The summed E-state index contributed by atoms with van der Waals surface area (Å²) in [6.45, 7) is 10.0. The van der Waals surface area contributed by atoms with Crippen molar-refractivity contribution in [3.63, 3.8) is 0 Å². The smallest absolute Gasteiger partial charge is 0.246 e. The van der Waals surface area contributed by atoms with Crippen molar-refractivity contribution in [1.29, 1.82) is 0 Å². The van der Waals surface area contributed by atoms with Crippen LogP contribution in [-0.4, -0.2) is 61.0 Å². The minimum atomic E-state index is -0.0155. The van der Waals surface area contributed by atoms with Gasteiger partial charge in [-0.15, -0.1) is 0 Å². The van der Waals surface area contributed by atoms with Gasteiger partial charge in [-0.05, 0) is 85.5 Å². The van der Waals surface area contributed by atoms with E-state index < -0.39 is 0 Å². The molecule has 39 heavy (non-hydrogen) atoms. The van der Waals surface area contributed by atoms with Crippen LogP contribution in [0.1, 0.15) is 23.6 Å². The number of aromatic nitrogens is 5. The summed E-state index contributed by atoms with van der Waals surface area (Å²) in [4.78, 5) is 29.7. The zero-order chi connectivity index (χ0) is 26.9. The fraction of sp³-hybridized carbons (Fsp3) is 0.233. The van der Waals surface area contributed by atoms with E-state index in [2.05, 4.69) is 93.2 Å². The lowest BCUT2D eigenvalue weighted by atomic mass is 10.0. The minimum Gasteiger partial charge on any atom is -0.368 e. The van der Waals surface area contributed by atoms with Gasteiger partial charge in [0.15, 0.2) is 5.65 Å². The molecule has 1 atom stereocenters. The number of hydrogen-bond acceptors (Lipinski definition) is 7. The molecular formula is C30H30N8O. The van der Waals surface area contributed by atoms with E-state index in [1.807, 2.05) is 17.2 Å². The number of fused-ring (bicyclic) bond motifs is 2. The van der Waals surface area contributed by atoms with Gasteiger partial charge in [-0.1, -0.05) is 12.6 Å². The molecule has 6 rings (SSSR count). The van der Waals surface area contributed by atoms with Crippen molar-refractivity contribution in [1.82, 2.24) is 29.5 Å². The molecule has 0 spiro atoms. The predicted molar refractivity (Wildman–Crippen MR) is 153 cm³/mol. The third kappa shape index (κ3) is 4.90. The molecule has 5 aromatic rings. The summed E-state index contributed by atoms with van der Waals surface area (Å²) in [6, 6.07) is 16.9. The highest BCUT2D eigenvalue weighted by atomic mass is 16.2. The molecule has 9 heteroatoms. The highest BCUT2D eigenvalue weighted by Crippen LogP contribution is 2.29. The second kappa shape index (κ2) is 10.2. The molecule has 9 nitrogen and oxygen atoms in total. The molecule has 1 saturated heterocycles. The molecule has 1 N–H and O–H groups in total. The van der Waals surface area contributed by atoms with Crippen LogP contribution in [0, 0.1) is 6.92 Å². The van der Waals surface area contributed by atoms with Crippen LogP contribution >= 0.6 is 0 Å². The summed E-state index contributed by atoms with van der Waals surface area (Å²) in [6.07, 6.45) is 7.31. The minimum absolute atomic E-state index is 0.0155. The number of anilines is 3. The quantitative estimate of drug-likeness (QED) is 0.330. The zero-order valence-electron chi connectivity index (χ0n) is 22.1. The normalized spacial score (nSPS) is 15.6. The number of rotatable bonds is 6. The molecule has 2 aromatic carbocycles. The monoisotopic (exact) mass is 518 g/mol. The van der Waals surface area contributed by atoms with Crippen molar-refractivity contribution in [3.8, 4) is 0 Å². The zero-order valence-corrected chi connectivity index (χ0v) is 22.1. The van der Waals surface area contributed by atoms with Crippen molar-refractivity contribution in [3.05, 3.63) is 96.7 Å². The van der Waals surface area contributed by atoms with E-state index in [9.17, 15) is 4.79 Å². The molecule has 1 fully saturated rings. The maximum Gasteiger partial charge on any atom is 0.246 e. The average molecular weight is 519 g/mol. The Labute approximate surface area is 226 Å². The van der Waals surface area contributed by atoms with E-state index in [0.29, 0.717) is 6.54 Å². The van der Waals surface area contributed by atoms with E-state index in [1.165, 1.54) is 22.8 Å². The molecule has 0 radical (unpaired) electrons. The highest BCUT2D eigenvalue weighted by Gasteiger charge is 2.26. The highest BCUT2D eigenvalue weighted by molar-refractivity contribution is 5.93. The number of benzene rings is 2. The fourth-order valence-electron chi connectivity index (χ4n) is 5.27. The number of aryl methyl sites for hydroxylation is 1. The summed E-state index contributed by atoms with van der Waals surface area (Å²) in [5.41, 5.74) is 7.43. The van der Waals surface area contributed by atoms with Crippen molar-refractivity contribution in [2.24, 2.45) is 0 Å². The van der Waals surface area contributed by atoms with Crippen LogP contribution in [-0.2, 0) is 11.2 Å². The van der Waals surface area contributed by atoms with Crippen LogP contribution in [0.2, 0.25) is 0 Å². The number of nitrogens with zero attached hydrogens (tertiary/aromatic N) is 7. The Kier molecular flexibility index (Phi) is 6.40. The number of carbonyl (C=O) groups is 1. The summed E-state index contributed by atoms with van der Waals surface area (Å²) in [5.74, 6) is 0.748. The van der Waals surface area contributed by atoms with Gasteiger partial charge in [-0.3, -0.25) is 4.79 Å². The molecule has 0 bridgehead atoms. The van der Waals surface area contributed by atoms with Gasteiger partial charge in [0.1, 0.15) is 18.5 Å². The number of carbonyl (C=O) groups excluding carboxylic acids is 1. The summed E-state index contributed by atoms with van der Waals surface area (Å²) in [7, 11) is 0. The van der Waals surface area contributed by atoms with Crippen LogP contribution in [0.3, 0.4) is 0 Å². The van der Waals surface area contributed by atoms with Gasteiger partial charge >= 0.3 is 0 Å². The standard InChI is InChI=1S/C30H30N8O/c1-4-29(39)37-12-11-36(17-21(37)3)25-7-8-27-26(16-25)30(33-18-31-27)35-24-6-5-23(20(2)13-24)14-22-9-10-38-28(15-22)32-19-34-38/h4-10,13,15-16,18-19,21H,1,11-12,14,17H2,2-3H3,(H,31,33,35)/t21-/m1/s1. The average Bonchev–Trinajstić information content (AvgIpc) is 3.42. The van der Waals surface area contributed by atoms with Crippen LogP contribution in [0.4, 0.5) is 17.2 Å². The first-order valence-electron chi connectivity index (χ1n) is 13.1. The van der Waals surface area contributed by atoms with E-state index in [1.54, 1.807) is 17.2 Å². The number of hydrogen-bond donors (Lipinski definition) is 1. The first kappa shape index (κ1) is 24.5. The van der Waals surface area contributed by atoms with Gasteiger partial charge in [-0.25, -0.2) is 19.5 Å². The maximum atomic E-state index is 12.1. The van der Waals surface area contributed by atoms with Crippen LogP contribution in [0.25, 0.3) is 16.6 Å². The Morgan fingerprint density at radius 3 is 2.79 bits per heavy atom. The molecule has 1 amide bonds. The third-order valence-electron chi connectivity index (χ3n) is 7.41. The molecule has 196 valence electrons. The van der Waals surface area contributed by atoms with Gasteiger partial charge in [0.25, 0.3) is 0 Å². The second-order valence-electron chi connectivity index (χ2n) is 10.00. The molecule has 4 heterocycles. The summed E-state index contributed by atoms with van der Waals surface area (Å²) < 4.78 is 1.77. The topological polar surface area (TPSA) is 91.6 Å². The van der Waals surface area contributed by atoms with Crippen LogP contribution in [0.15, 0.2) is 80.0 Å². The number of pyridine rings is 1. The Morgan fingerprint density at radius 1 is 1.08 bits per heavy atom.